The summed E-state index contributed by atoms with van der Waals surface area (Å²) in [6.07, 6.45) is 0.0454. The standard InChI is InChI=1S/C13H11BrO2S/c14-12-6-5-11(17-12)13(15)10-7-8-3-1-2-4-9(8)16-10/h1-6,10,13,15H,7H2. The Morgan fingerprint density at radius 3 is 2.82 bits per heavy atom. The van der Waals surface area contributed by atoms with Crippen molar-refractivity contribution >= 4 is 27.3 Å². The maximum absolute atomic E-state index is 10.3. The average molecular weight is 311 g/mol. The maximum Gasteiger partial charge on any atom is 0.134 e. The van der Waals surface area contributed by atoms with E-state index < -0.39 is 6.10 Å². The van der Waals surface area contributed by atoms with Crippen molar-refractivity contribution in [3.8, 4) is 5.75 Å². The van der Waals surface area contributed by atoms with E-state index in [4.69, 9.17) is 4.74 Å². The van der Waals surface area contributed by atoms with Crippen LogP contribution in [0.3, 0.4) is 0 Å². The molecule has 1 aromatic heterocycles. The Balaban J connectivity index is 1.80. The number of halogens is 1. The third-order valence-electron chi connectivity index (χ3n) is 2.91. The predicted octanol–water partition coefficient (Wildman–Crippen LogP) is 3.55. The third-order valence-corrected chi connectivity index (χ3v) is 4.60. The van der Waals surface area contributed by atoms with Crippen molar-refractivity contribution in [1.82, 2.24) is 0 Å². The molecule has 2 aromatic rings. The number of ether oxygens (including phenoxy) is 1. The van der Waals surface area contributed by atoms with E-state index in [1.807, 2.05) is 36.4 Å². The fraction of sp³-hybridized carbons (Fsp3) is 0.231. The SMILES string of the molecule is OC(c1ccc(Br)s1)C1Cc2ccccc2O1. The molecule has 1 N–H and O–H groups in total. The summed E-state index contributed by atoms with van der Waals surface area (Å²) in [6.45, 7) is 0. The zero-order valence-corrected chi connectivity index (χ0v) is 11.4. The smallest absolute Gasteiger partial charge is 0.134 e. The van der Waals surface area contributed by atoms with Crippen LogP contribution in [0, 0.1) is 0 Å². The number of thiophene rings is 1. The summed E-state index contributed by atoms with van der Waals surface area (Å²) in [6, 6.07) is 11.8. The lowest BCUT2D eigenvalue weighted by Gasteiger charge is -2.16. The van der Waals surface area contributed by atoms with Crippen LogP contribution in [0.2, 0.25) is 0 Å². The Labute approximate surface area is 112 Å². The van der Waals surface area contributed by atoms with Gasteiger partial charge in [-0.15, -0.1) is 11.3 Å². The van der Waals surface area contributed by atoms with Crippen molar-refractivity contribution < 1.29 is 9.84 Å². The molecule has 2 nitrogen and oxygen atoms in total. The zero-order valence-electron chi connectivity index (χ0n) is 8.97. The van der Waals surface area contributed by atoms with Crippen molar-refractivity contribution in [2.45, 2.75) is 18.6 Å². The molecular weight excluding hydrogens is 300 g/mol. The first kappa shape index (κ1) is 11.3. The highest BCUT2D eigenvalue weighted by Crippen LogP contribution is 2.36. The molecule has 0 saturated carbocycles. The van der Waals surface area contributed by atoms with Gasteiger partial charge in [0.05, 0.1) is 3.79 Å². The van der Waals surface area contributed by atoms with Gasteiger partial charge in [-0.1, -0.05) is 18.2 Å². The lowest BCUT2D eigenvalue weighted by molar-refractivity contribution is 0.0517. The van der Waals surface area contributed by atoms with Crippen molar-refractivity contribution in [3.63, 3.8) is 0 Å². The molecule has 0 radical (unpaired) electrons. The number of fused-ring (bicyclic) bond motifs is 1. The minimum absolute atomic E-state index is 0.169. The van der Waals surface area contributed by atoms with Gasteiger partial charge in [-0.05, 0) is 39.7 Å². The number of hydrogen-bond donors (Lipinski definition) is 1. The minimum atomic E-state index is -0.557. The highest BCUT2D eigenvalue weighted by molar-refractivity contribution is 9.11. The third kappa shape index (κ3) is 2.12. The summed E-state index contributed by atoms with van der Waals surface area (Å²) < 4.78 is 6.80. The average Bonchev–Trinajstić information content (AvgIpc) is 2.93. The van der Waals surface area contributed by atoms with Crippen LogP contribution in [0.25, 0.3) is 0 Å². The van der Waals surface area contributed by atoms with Crippen molar-refractivity contribution in [2.24, 2.45) is 0 Å². The van der Waals surface area contributed by atoms with Crippen LogP contribution in [-0.2, 0) is 6.42 Å². The van der Waals surface area contributed by atoms with Crippen molar-refractivity contribution in [3.05, 3.63) is 50.6 Å². The quantitative estimate of drug-likeness (QED) is 0.919. The molecule has 17 heavy (non-hydrogen) atoms. The summed E-state index contributed by atoms with van der Waals surface area (Å²) in [5.74, 6) is 0.896. The molecule has 0 bridgehead atoms. The first-order valence-electron chi connectivity index (χ1n) is 5.42. The molecule has 88 valence electrons. The van der Waals surface area contributed by atoms with E-state index in [9.17, 15) is 5.11 Å². The highest BCUT2D eigenvalue weighted by atomic mass is 79.9. The molecule has 3 rings (SSSR count). The van der Waals surface area contributed by atoms with Crippen LogP contribution in [0.4, 0.5) is 0 Å². The zero-order chi connectivity index (χ0) is 11.8. The monoisotopic (exact) mass is 310 g/mol. The Hall–Kier alpha value is -0.840. The van der Waals surface area contributed by atoms with Crippen LogP contribution < -0.4 is 4.74 Å². The number of rotatable bonds is 2. The molecule has 1 aliphatic heterocycles. The van der Waals surface area contributed by atoms with Gasteiger partial charge in [-0.3, -0.25) is 0 Å². The van der Waals surface area contributed by atoms with Gasteiger partial charge in [-0.2, -0.15) is 0 Å². The fourth-order valence-corrected chi connectivity index (χ4v) is 3.52. The molecule has 2 unspecified atom stereocenters. The van der Waals surface area contributed by atoms with E-state index in [0.29, 0.717) is 0 Å². The number of hydrogen-bond acceptors (Lipinski definition) is 3. The summed E-state index contributed by atoms with van der Waals surface area (Å²) in [5, 5.41) is 10.3. The number of para-hydroxylation sites is 1. The normalized spacial score (nSPS) is 19.8. The Bertz CT molecular complexity index is 513. The molecule has 1 aromatic carbocycles. The van der Waals surface area contributed by atoms with Crippen LogP contribution >= 0.6 is 27.3 Å². The van der Waals surface area contributed by atoms with Crippen molar-refractivity contribution in [1.29, 1.82) is 0 Å². The van der Waals surface area contributed by atoms with E-state index >= 15 is 0 Å². The van der Waals surface area contributed by atoms with Crippen LogP contribution in [-0.4, -0.2) is 11.2 Å². The summed E-state index contributed by atoms with van der Waals surface area (Å²) in [7, 11) is 0. The Kier molecular flexibility index (Phi) is 2.94. The summed E-state index contributed by atoms with van der Waals surface area (Å²) in [4.78, 5) is 0.940. The van der Waals surface area contributed by atoms with Gasteiger partial charge < -0.3 is 9.84 Å². The number of aliphatic hydroxyl groups excluding tert-OH is 1. The van der Waals surface area contributed by atoms with Gasteiger partial charge in [-0.25, -0.2) is 0 Å². The minimum Gasteiger partial charge on any atom is -0.487 e. The van der Waals surface area contributed by atoms with E-state index in [1.165, 1.54) is 5.56 Å². The summed E-state index contributed by atoms with van der Waals surface area (Å²) >= 11 is 4.95. The number of benzene rings is 1. The molecule has 0 saturated heterocycles. The molecule has 0 spiro atoms. The first-order chi connectivity index (χ1) is 8.24. The topological polar surface area (TPSA) is 29.5 Å². The molecule has 4 heteroatoms. The van der Waals surface area contributed by atoms with Crippen LogP contribution in [0.5, 0.6) is 5.75 Å². The van der Waals surface area contributed by atoms with E-state index in [1.54, 1.807) is 11.3 Å². The molecule has 0 amide bonds. The molecule has 2 atom stereocenters. The van der Waals surface area contributed by atoms with Gasteiger partial charge in [0, 0.05) is 11.3 Å². The highest BCUT2D eigenvalue weighted by Gasteiger charge is 2.30. The molecule has 2 heterocycles. The van der Waals surface area contributed by atoms with E-state index in [0.717, 1.165) is 20.8 Å². The number of aliphatic hydroxyl groups is 1. The van der Waals surface area contributed by atoms with Crippen LogP contribution in [0.1, 0.15) is 16.5 Å². The largest absolute Gasteiger partial charge is 0.487 e. The first-order valence-corrected chi connectivity index (χ1v) is 7.03. The lowest BCUT2D eigenvalue weighted by atomic mass is 10.1. The Morgan fingerprint density at radius 2 is 2.12 bits per heavy atom. The van der Waals surface area contributed by atoms with Gasteiger partial charge >= 0.3 is 0 Å². The van der Waals surface area contributed by atoms with E-state index in [-0.39, 0.29) is 6.10 Å². The van der Waals surface area contributed by atoms with Gasteiger partial charge in [0.1, 0.15) is 18.0 Å². The molecule has 1 aliphatic rings. The second-order valence-electron chi connectivity index (χ2n) is 4.05. The summed E-state index contributed by atoms with van der Waals surface area (Å²) in [5.41, 5.74) is 1.17. The Morgan fingerprint density at radius 1 is 1.29 bits per heavy atom. The predicted molar refractivity (Wildman–Crippen MR) is 71.5 cm³/mol. The second kappa shape index (κ2) is 4.44. The van der Waals surface area contributed by atoms with Gasteiger partial charge in [0.25, 0.3) is 0 Å². The maximum atomic E-state index is 10.3. The molecule has 0 aliphatic carbocycles. The second-order valence-corrected chi connectivity index (χ2v) is 6.55. The fourth-order valence-electron chi connectivity index (χ4n) is 2.06. The lowest BCUT2D eigenvalue weighted by Crippen LogP contribution is -2.22. The van der Waals surface area contributed by atoms with Gasteiger partial charge in [0.15, 0.2) is 0 Å². The molecule has 0 fully saturated rings. The van der Waals surface area contributed by atoms with Crippen molar-refractivity contribution in [2.75, 3.05) is 0 Å². The van der Waals surface area contributed by atoms with Crippen LogP contribution in [0.15, 0.2) is 40.2 Å². The molecular formula is C13H11BrO2S. The van der Waals surface area contributed by atoms with E-state index in [2.05, 4.69) is 15.9 Å². The van der Waals surface area contributed by atoms with Gasteiger partial charge in [0.2, 0.25) is 0 Å².